The molecule has 2 aromatic carbocycles. The number of para-hydroxylation sites is 2. The van der Waals surface area contributed by atoms with Gasteiger partial charge in [0.15, 0.2) is 0 Å². The van der Waals surface area contributed by atoms with Gasteiger partial charge in [0, 0.05) is 18.8 Å². The molecule has 0 heterocycles. The molecule has 142 valence electrons. The Morgan fingerprint density at radius 3 is 2.12 bits per heavy atom. The lowest BCUT2D eigenvalue weighted by Gasteiger charge is -2.14. The molecule has 2 rings (SSSR count). The zero-order valence-electron chi connectivity index (χ0n) is 16.1. The minimum atomic E-state index is 0.764. The summed E-state index contributed by atoms with van der Waals surface area (Å²) in [6.07, 6.45) is 4.46. The van der Waals surface area contributed by atoms with Crippen molar-refractivity contribution in [3.63, 3.8) is 0 Å². The van der Waals surface area contributed by atoms with Crippen LogP contribution in [0.15, 0.2) is 48.5 Å². The summed E-state index contributed by atoms with van der Waals surface area (Å²) in [5.74, 6) is 1.86. The van der Waals surface area contributed by atoms with Crippen LogP contribution >= 0.6 is 0 Å². The standard InChI is InChI=1S/C22H32N2O2/c1-3-5-17-25-20-13-11-19(12-14-20)23-15-16-24-21-9-7-8-10-22(21)26-18-6-4-2/h7-14,23-24H,3-6,15-18H2,1-2H3. The molecule has 2 N–H and O–H groups in total. The van der Waals surface area contributed by atoms with E-state index < -0.39 is 0 Å². The predicted octanol–water partition coefficient (Wildman–Crippen LogP) is 5.57. The normalized spacial score (nSPS) is 10.4. The number of benzene rings is 2. The van der Waals surface area contributed by atoms with Gasteiger partial charge in [0.05, 0.1) is 18.9 Å². The maximum Gasteiger partial charge on any atom is 0.142 e. The summed E-state index contributed by atoms with van der Waals surface area (Å²) in [5.41, 5.74) is 2.15. The third-order valence-electron chi connectivity index (χ3n) is 4.03. The van der Waals surface area contributed by atoms with Gasteiger partial charge >= 0.3 is 0 Å². The van der Waals surface area contributed by atoms with Crippen LogP contribution in [-0.2, 0) is 0 Å². The molecule has 0 amide bonds. The van der Waals surface area contributed by atoms with Crippen LogP contribution in [0.25, 0.3) is 0 Å². The van der Waals surface area contributed by atoms with E-state index >= 15 is 0 Å². The van der Waals surface area contributed by atoms with Gasteiger partial charge < -0.3 is 20.1 Å². The van der Waals surface area contributed by atoms with Crippen molar-refractivity contribution in [3.8, 4) is 11.5 Å². The number of rotatable bonds is 13. The molecule has 0 fully saturated rings. The molecule has 2 aromatic rings. The number of ether oxygens (including phenoxy) is 2. The Balaban J connectivity index is 1.71. The first-order chi connectivity index (χ1) is 12.8. The third kappa shape index (κ3) is 7.26. The van der Waals surface area contributed by atoms with Crippen LogP contribution in [0, 0.1) is 0 Å². The van der Waals surface area contributed by atoms with Crippen molar-refractivity contribution < 1.29 is 9.47 Å². The third-order valence-corrected chi connectivity index (χ3v) is 4.03. The molecule has 0 spiro atoms. The molecular formula is C22H32N2O2. The zero-order valence-corrected chi connectivity index (χ0v) is 16.1. The lowest BCUT2D eigenvalue weighted by molar-refractivity contribution is 0.309. The van der Waals surface area contributed by atoms with E-state index in [1.54, 1.807) is 0 Å². The molecule has 26 heavy (non-hydrogen) atoms. The summed E-state index contributed by atoms with van der Waals surface area (Å²) < 4.78 is 11.5. The van der Waals surface area contributed by atoms with E-state index in [2.05, 4.69) is 42.7 Å². The van der Waals surface area contributed by atoms with E-state index in [0.29, 0.717) is 0 Å². The molecule has 0 unspecified atom stereocenters. The summed E-state index contributed by atoms with van der Waals surface area (Å²) in [5, 5.41) is 6.87. The Morgan fingerprint density at radius 1 is 0.731 bits per heavy atom. The highest BCUT2D eigenvalue weighted by Gasteiger charge is 2.02. The second-order valence-electron chi connectivity index (χ2n) is 6.28. The topological polar surface area (TPSA) is 42.5 Å². The van der Waals surface area contributed by atoms with Crippen molar-refractivity contribution in [2.24, 2.45) is 0 Å². The fourth-order valence-corrected chi connectivity index (χ4v) is 2.47. The quantitative estimate of drug-likeness (QED) is 0.461. The van der Waals surface area contributed by atoms with E-state index in [1.165, 1.54) is 0 Å². The lowest BCUT2D eigenvalue weighted by atomic mass is 10.3. The molecule has 4 heteroatoms. The van der Waals surface area contributed by atoms with Crippen molar-refractivity contribution in [2.45, 2.75) is 39.5 Å². The predicted molar refractivity (Wildman–Crippen MR) is 111 cm³/mol. The van der Waals surface area contributed by atoms with Crippen molar-refractivity contribution in [3.05, 3.63) is 48.5 Å². The Morgan fingerprint density at radius 2 is 1.38 bits per heavy atom. The molecule has 0 aliphatic carbocycles. The summed E-state index contributed by atoms with van der Waals surface area (Å²) in [4.78, 5) is 0. The van der Waals surface area contributed by atoms with Crippen LogP contribution in [0.4, 0.5) is 11.4 Å². The monoisotopic (exact) mass is 356 g/mol. The second kappa shape index (κ2) is 12.1. The van der Waals surface area contributed by atoms with E-state index in [4.69, 9.17) is 9.47 Å². The van der Waals surface area contributed by atoms with Crippen molar-refractivity contribution >= 4 is 11.4 Å². The van der Waals surface area contributed by atoms with E-state index in [9.17, 15) is 0 Å². The van der Waals surface area contributed by atoms with Gasteiger partial charge in [0.2, 0.25) is 0 Å². The maximum absolute atomic E-state index is 5.85. The van der Waals surface area contributed by atoms with E-state index in [-0.39, 0.29) is 0 Å². The zero-order chi connectivity index (χ0) is 18.5. The Bertz CT molecular complexity index is 614. The average molecular weight is 357 g/mol. The number of hydrogen-bond donors (Lipinski definition) is 2. The van der Waals surface area contributed by atoms with E-state index in [0.717, 1.165) is 74.9 Å². The highest BCUT2D eigenvalue weighted by molar-refractivity contribution is 5.56. The van der Waals surface area contributed by atoms with Gasteiger partial charge in [-0.25, -0.2) is 0 Å². The molecule has 0 aromatic heterocycles. The first-order valence-corrected chi connectivity index (χ1v) is 9.76. The van der Waals surface area contributed by atoms with Crippen LogP contribution in [-0.4, -0.2) is 26.3 Å². The molecule has 0 aliphatic rings. The van der Waals surface area contributed by atoms with Gasteiger partial charge in [-0.15, -0.1) is 0 Å². The maximum atomic E-state index is 5.85. The molecule has 0 atom stereocenters. The summed E-state index contributed by atoms with van der Waals surface area (Å²) in [6.45, 7) is 7.54. The average Bonchev–Trinajstić information content (AvgIpc) is 2.68. The Kier molecular flexibility index (Phi) is 9.26. The molecule has 0 bridgehead atoms. The second-order valence-corrected chi connectivity index (χ2v) is 6.28. The molecular weight excluding hydrogens is 324 g/mol. The highest BCUT2D eigenvalue weighted by atomic mass is 16.5. The van der Waals surface area contributed by atoms with Crippen molar-refractivity contribution in [1.82, 2.24) is 0 Å². The summed E-state index contributed by atoms with van der Waals surface area (Å²) >= 11 is 0. The van der Waals surface area contributed by atoms with Gasteiger partial charge in [-0.05, 0) is 49.2 Å². The van der Waals surface area contributed by atoms with Gasteiger partial charge in [-0.2, -0.15) is 0 Å². The Labute approximate surface area is 157 Å². The summed E-state index contributed by atoms with van der Waals surface area (Å²) in [7, 11) is 0. The minimum Gasteiger partial charge on any atom is -0.494 e. The number of hydrogen-bond acceptors (Lipinski definition) is 4. The van der Waals surface area contributed by atoms with Crippen molar-refractivity contribution in [2.75, 3.05) is 36.9 Å². The Hall–Kier alpha value is -2.36. The smallest absolute Gasteiger partial charge is 0.142 e. The van der Waals surface area contributed by atoms with Crippen LogP contribution in [0.5, 0.6) is 11.5 Å². The number of unbranched alkanes of at least 4 members (excludes halogenated alkanes) is 2. The van der Waals surface area contributed by atoms with Crippen LogP contribution in [0.3, 0.4) is 0 Å². The highest BCUT2D eigenvalue weighted by Crippen LogP contribution is 2.23. The van der Waals surface area contributed by atoms with E-state index in [1.807, 2.05) is 30.3 Å². The van der Waals surface area contributed by atoms with Crippen LogP contribution in [0.2, 0.25) is 0 Å². The number of anilines is 2. The van der Waals surface area contributed by atoms with Gasteiger partial charge in [-0.3, -0.25) is 0 Å². The molecule has 0 aliphatic heterocycles. The van der Waals surface area contributed by atoms with Gasteiger partial charge in [0.25, 0.3) is 0 Å². The van der Waals surface area contributed by atoms with Crippen LogP contribution < -0.4 is 20.1 Å². The van der Waals surface area contributed by atoms with Crippen LogP contribution in [0.1, 0.15) is 39.5 Å². The molecule has 4 nitrogen and oxygen atoms in total. The molecule has 0 saturated heterocycles. The SMILES string of the molecule is CCCCOc1ccc(NCCNc2ccccc2OCCCC)cc1. The first kappa shape index (κ1) is 20.0. The fourth-order valence-electron chi connectivity index (χ4n) is 2.47. The fraction of sp³-hybridized carbons (Fsp3) is 0.455. The lowest BCUT2D eigenvalue weighted by Crippen LogP contribution is -2.14. The summed E-state index contributed by atoms with van der Waals surface area (Å²) in [6, 6.07) is 16.3. The molecule has 0 radical (unpaired) electrons. The molecule has 0 saturated carbocycles. The van der Waals surface area contributed by atoms with Gasteiger partial charge in [-0.1, -0.05) is 38.8 Å². The van der Waals surface area contributed by atoms with Crippen molar-refractivity contribution in [1.29, 1.82) is 0 Å². The largest absolute Gasteiger partial charge is 0.494 e. The van der Waals surface area contributed by atoms with Gasteiger partial charge in [0.1, 0.15) is 11.5 Å². The minimum absolute atomic E-state index is 0.764. The number of nitrogens with one attached hydrogen (secondary N) is 2. The first-order valence-electron chi connectivity index (χ1n) is 9.76.